The number of hydrogen-bond donors (Lipinski definition) is 7. The molecular weight excluding hydrogens is 593 g/mol. The Bertz CT molecular complexity index is 1480. The maximum Gasteiger partial charge on any atom is 0.490 e. The van der Waals surface area contributed by atoms with E-state index in [9.17, 15) is 28.6 Å². The molecule has 0 amide bonds. The lowest BCUT2D eigenvalue weighted by Crippen LogP contribution is -2.29. The standard InChI is InChI=1S/C15H21N8O13P3/c16-3-1-2-8-5-23(13-12(8)14(24)21-15(17)20-13)11-4-9(32-7-19-22-18)10(34-11)6-33-38(28,29)36-39(30,31)35-37(25,26)27/h5,9-11H,3-4,6-7,16H2,(H,28,29)(H,30,31)(H2,25,26,27)(H3,17,20,21,24)/t9-,10-,11-/m1/s1. The number of rotatable bonds is 11. The van der Waals surface area contributed by atoms with Gasteiger partial charge in [-0.05, 0) is 5.53 Å². The summed E-state index contributed by atoms with van der Waals surface area (Å²) in [6.45, 7) is -1.33. The van der Waals surface area contributed by atoms with Crippen LogP contribution in [0.25, 0.3) is 21.5 Å². The van der Waals surface area contributed by atoms with Crippen molar-refractivity contribution in [1.82, 2.24) is 14.5 Å². The van der Waals surface area contributed by atoms with Crippen LogP contribution < -0.4 is 11.5 Å². The van der Waals surface area contributed by atoms with Gasteiger partial charge in [-0.15, -0.1) is 0 Å². The molecule has 0 spiro atoms. The maximum atomic E-state index is 12.1. The molecule has 214 valence electrons. The molecule has 21 nitrogen and oxygen atoms in total. The van der Waals surface area contributed by atoms with Gasteiger partial charge in [-0.25, -0.2) is 13.7 Å². The molecule has 0 saturated carbocycles. The zero-order chi connectivity index (χ0) is 29.0. The van der Waals surface area contributed by atoms with Crippen LogP contribution in [0.2, 0.25) is 0 Å². The predicted octanol–water partition coefficient (Wildman–Crippen LogP) is 0.313. The van der Waals surface area contributed by atoms with Crippen LogP contribution in [0.4, 0.5) is 5.95 Å². The molecule has 39 heavy (non-hydrogen) atoms. The lowest BCUT2D eigenvalue weighted by atomic mass is 10.2. The second kappa shape index (κ2) is 12.3. The third-order valence-electron chi connectivity index (χ3n) is 4.71. The molecule has 3 rings (SSSR count). The summed E-state index contributed by atoms with van der Waals surface area (Å²) in [7, 11) is -16.8. The number of anilines is 1. The van der Waals surface area contributed by atoms with Crippen molar-refractivity contribution in [3.8, 4) is 17.7 Å². The lowest BCUT2D eigenvalue weighted by Gasteiger charge is -2.21. The Morgan fingerprint density at radius 1 is 1.23 bits per heavy atom. The number of ether oxygens (including phenoxy) is 2. The maximum absolute atomic E-state index is 12.1. The number of aromatic nitrogens is 3. The molecule has 1 saturated heterocycles. The molecule has 9 N–H and O–H groups in total. The Morgan fingerprint density at radius 3 is 2.59 bits per heavy atom. The summed E-state index contributed by atoms with van der Waals surface area (Å²) in [5.74, 6) is 4.62. The Labute approximate surface area is 217 Å². The third kappa shape index (κ3) is 8.43. The summed E-state index contributed by atoms with van der Waals surface area (Å²) in [6.07, 6.45) is -1.76. The minimum absolute atomic E-state index is 0.00118. The highest BCUT2D eigenvalue weighted by Crippen LogP contribution is 2.66. The van der Waals surface area contributed by atoms with E-state index in [0.29, 0.717) is 0 Å². The molecular formula is C15H21N8O13P3. The van der Waals surface area contributed by atoms with E-state index in [1.165, 1.54) is 10.8 Å². The number of aromatic hydroxyl groups is 1. The van der Waals surface area contributed by atoms with Crippen LogP contribution in [0.5, 0.6) is 5.88 Å². The predicted molar refractivity (Wildman–Crippen MR) is 127 cm³/mol. The van der Waals surface area contributed by atoms with E-state index < -0.39 is 61.1 Å². The van der Waals surface area contributed by atoms with Crippen LogP contribution in [0.1, 0.15) is 18.2 Å². The van der Waals surface area contributed by atoms with Gasteiger partial charge < -0.3 is 50.2 Å². The number of phosphoric acid groups is 3. The number of phosphoric ester groups is 1. The molecule has 1 aliphatic heterocycles. The molecule has 0 radical (unpaired) electrons. The molecule has 2 unspecified atom stereocenters. The van der Waals surface area contributed by atoms with Crippen molar-refractivity contribution >= 4 is 40.4 Å². The van der Waals surface area contributed by atoms with Crippen molar-refractivity contribution < 1.29 is 61.0 Å². The number of hydrogen-bond acceptors (Lipinski definition) is 14. The van der Waals surface area contributed by atoms with E-state index in [1.54, 1.807) is 0 Å². The first-order valence-electron chi connectivity index (χ1n) is 10.3. The van der Waals surface area contributed by atoms with Gasteiger partial charge in [0.25, 0.3) is 0 Å². The summed E-state index contributed by atoms with van der Waals surface area (Å²) in [5.41, 5.74) is 20.0. The first kappa shape index (κ1) is 30.9. The zero-order valence-electron chi connectivity index (χ0n) is 19.3. The Kier molecular flexibility index (Phi) is 9.73. The highest BCUT2D eigenvalue weighted by Gasteiger charge is 2.43. The van der Waals surface area contributed by atoms with Crippen molar-refractivity contribution in [1.29, 1.82) is 0 Å². The first-order chi connectivity index (χ1) is 18.1. The molecule has 1 fully saturated rings. The number of fused-ring (bicyclic) bond motifs is 1. The molecule has 0 bridgehead atoms. The van der Waals surface area contributed by atoms with Crippen LogP contribution in [0.15, 0.2) is 11.3 Å². The normalized spacial score (nSPS) is 22.4. The Balaban J connectivity index is 1.87. The van der Waals surface area contributed by atoms with Crippen molar-refractivity contribution in [2.24, 2.45) is 10.8 Å². The second-order valence-corrected chi connectivity index (χ2v) is 11.8. The van der Waals surface area contributed by atoms with Gasteiger partial charge in [0, 0.05) is 17.5 Å². The van der Waals surface area contributed by atoms with Gasteiger partial charge in [-0.1, -0.05) is 17.0 Å². The molecule has 2 aromatic heterocycles. The fraction of sp³-hybridized carbons (Fsp3) is 0.467. The van der Waals surface area contributed by atoms with Gasteiger partial charge in [0.1, 0.15) is 19.1 Å². The Hall–Kier alpha value is -2.62. The molecule has 2 aromatic rings. The number of nitrogen functional groups attached to an aromatic ring is 1. The second-order valence-electron chi connectivity index (χ2n) is 7.38. The van der Waals surface area contributed by atoms with Gasteiger partial charge in [0.2, 0.25) is 11.8 Å². The highest BCUT2D eigenvalue weighted by atomic mass is 31.3. The van der Waals surface area contributed by atoms with E-state index in [-0.39, 0.29) is 35.5 Å². The topological polar surface area (TPSA) is 330 Å². The van der Waals surface area contributed by atoms with Gasteiger partial charge in [-0.2, -0.15) is 18.6 Å². The van der Waals surface area contributed by atoms with Crippen LogP contribution in [0, 0.1) is 11.8 Å². The SMILES string of the molecule is [N-]=[N+]=NCO[C@@H]1C[C@H](n2cc(C#CCN)c3c(O)nc(N)nc32)O[C@@H]1COP(=O)(O)OP(=O)(O)OP(=O)(O)O. The quantitative estimate of drug-likeness (QED) is 0.0588. The van der Waals surface area contributed by atoms with Gasteiger partial charge >= 0.3 is 23.5 Å². The van der Waals surface area contributed by atoms with Gasteiger partial charge in [0.05, 0.1) is 30.2 Å². The van der Waals surface area contributed by atoms with E-state index in [4.69, 9.17) is 36.3 Å². The molecule has 3 heterocycles. The monoisotopic (exact) mass is 614 g/mol. The van der Waals surface area contributed by atoms with Gasteiger partial charge in [-0.3, -0.25) is 4.52 Å². The summed E-state index contributed by atoms with van der Waals surface area (Å²) < 4.78 is 59.2. The molecule has 0 aliphatic carbocycles. The van der Waals surface area contributed by atoms with Crippen LogP contribution >= 0.6 is 23.5 Å². The number of nitrogens with zero attached hydrogens (tertiary/aromatic N) is 6. The van der Waals surface area contributed by atoms with E-state index in [0.717, 1.165) is 0 Å². The van der Waals surface area contributed by atoms with E-state index in [1.807, 2.05) is 0 Å². The van der Waals surface area contributed by atoms with Crippen molar-refractivity contribution in [2.75, 3.05) is 25.6 Å². The zero-order valence-corrected chi connectivity index (χ0v) is 22.0. The number of nitrogens with two attached hydrogens (primary N) is 2. The van der Waals surface area contributed by atoms with E-state index in [2.05, 4.69) is 45.0 Å². The van der Waals surface area contributed by atoms with Crippen LogP contribution in [0.3, 0.4) is 0 Å². The summed E-state index contributed by atoms with van der Waals surface area (Å²) in [5, 5.41) is 13.7. The van der Waals surface area contributed by atoms with Crippen LogP contribution in [-0.4, -0.2) is 71.3 Å². The van der Waals surface area contributed by atoms with Crippen molar-refractivity contribution in [3.05, 3.63) is 22.2 Å². The van der Waals surface area contributed by atoms with E-state index >= 15 is 0 Å². The first-order valence-corrected chi connectivity index (χ1v) is 14.8. The van der Waals surface area contributed by atoms with Crippen LogP contribution in [-0.2, 0) is 36.3 Å². The van der Waals surface area contributed by atoms with Crippen molar-refractivity contribution in [2.45, 2.75) is 24.9 Å². The van der Waals surface area contributed by atoms with Gasteiger partial charge in [0.15, 0.2) is 5.65 Å². The highest BCUT2D eigenvalue weighted by molar-refractivity contribution is 7.66. The minimum Gasteiger partial charge on any atom is -0.493 e. The van der Waals surface area contributed by atoms with Crippen molar-refractivity contribution in [3.63, 3.8) is 0 Å². The summed E-state index contributed by atoms with van der Waals surface area (Å²) >= 11 is 0. The number of azide groups is 1. The molecule has 5 atom stereocenters. The fourth-order valence-electron chi connectivity index (χ4n) is 3.43. The fourth-order valence-corrected chi connectivity index (χ4v) is 6.46. The third-order valence-corrected chi connectivity index (χ3v) is 8.52. The summed E-state index contributed by atoms with van der Waals surface area (Å²) in [4.78, 5) is 46.7. The molecule has 0 aromatic carbocycles. The molecule has 24 heteroatoms. The average molecular weight is 614 g/mol. The minimum atomic E-state index is -5.74. The molecule has 1 aliphatic rings. The largest absolute Gasteiger partial charge is 0.493 e. The Morgan fingerprint density at radius 2 is 1.95 bits per heavy atom. The lowest BCUT2D eigenvalue weighted by molar-refractivity contribution is -0.0581. The summed E-state index contributed by atoms with van der Waals surface area (Å²) in [6, 6.07) is 0. The smallest absolute Gasteiger partial charge is 0.490 e. The average Bonchev–Trinajstić information content (AvgIpc) is 3.35.